The fraction of sp³-hybridized carbons (Fsp3) is 0.167. The van der Waals surface area contributed by atoms with Gasteiger partial charge in [-0.1, -0.05) is 12.1 Å². The summed E-state index contributed by atoms with van der Waals surface area (Å²) in [6.07, 6.45) is 1.67. The van der Waals surface area contributed by atoms with E-state index >= 15 is 0 Å². The molecule has 3 heterocycles. The lowest BCUT2D eigenvalue weighted by Gasteiger charge is -2.29. The van der Waals surface area contributed by atoms with Crippen molar-refractivity contribution >= 4 is 50.0 Å². The highest BCUT2D eigenvalue weighted by Gasteiger charge is 2.25. The number of nitrogens with one attached hydrogen (secondary N) is 1. The molecule has 1 aliphatic rings. The zero-order chi connectivity index (χ0) is 18.1. The van der Waals surface area contributed by atoms with Gasteiger partial charge in [0.2, 0.25) is 0 Å². The van der Waals surface area contributed by atoms with Crippen LogP contribution in [0, 0.1) is 0 Å². The van der Waals surface area contributed by atoms with Crippen LogP contribution in [0.2, 0.25) is 0 Å². The van der Waals surface area contributed by atoms with Crippen molar-refractivity contribution in [3.63, 3.8) is 0 Å². The molecule has 1 aromatic carbocycles. The Balaban J connectivity index is 1.62. The second kappa shape index (κ2) is 6.86. The second-order valence-corrected chi connectivity index (χ2v) is 9.72. The molecule has 3 aromatic rings. The highest BCUT2D eigenvalue weighted by atomic mass is 32.2. The van der Waals surface area contributed by atoms with Crippen molar-refractivity contribution < 1.29 is 13.2 Å². The van der Waals surface area contributed by atoms with Crippen molar-refractivity contribution in [2.45, 2.75) is 17.1 Å². The summed E-state index contributed by atoms with van der Waals surface area (Å²) < 4.78 is 27.7. The summed E-state index contributed by atoms with van der Waals surface area (Å²) in [5, 5.41) is 3.62. The number of nitrogens with zero attached hydrogens (tertiary/aromatic N) is 1. The van der Waals surface area contributed by atoms with Crippen LogP contribution in [-0.4, -0.2) is 20.9 Å². The van der Waals surface area contributed by atoms with Gasteiger partial charge in [0.15, 0.2) is 0 Å². The van der Waals surface area contributed by atoms with Crippen molar-refractivity contribution in [1.29, 1.82) is 0 Å². The third-order valence-corrected chi connectivity index (χ3v) is 7.82. The summed E-state index contributed by atoms with van der Waals surface area (Å²) >= 11 is 2.61. The molecule has 1 aliphatic heterocycles. The first-order valence-corrected chi connectivity index (χ1v) is 11.3. The van der Waals surface area contributed by atoms with Gasteiger partial charge >= 0.3 is 0 Å². The molecule has 0 atom stereocenters. The average Bonchev–Trinajstić information content (AvgIpc) is 3.33. The first kappa shape index (κ1) is 17.3. The highest BCUT2D eigenvalue weighted by Crippen LogP contribution is 2.32. The quantitative estimate of drug-likeness (QED) is 0.709. The van der Waals surface area contributed by atoms with Crippen molar-refractivity contribution in [2.24, 2.45) is 0 Å². The van der Waals surface area contributed by atoms with Gasteiger partial charge in [-0.15, -0.1) is 22.7 Å². The number of carbonyl (C=O) groups is 1. The molecule has 26 heavy (non-hydrogen) atoms. The van der Waals surface area contributed by atoms with E-state index in [2.05, 4.69) is 4.72 Å². The largest absolute Gasteiger partial charge is 0.307 e. The molecule has 1 N–H and O–H groups in total. The molecule has 0 saturated carbocycles. The van der Waals surface area contributed by atoms with Crippen molar-refractivity contribution in [1.82, 2.24) is 0 Å². The Morgan fingerprint density at radius 3 is 2.62 bits per heavy atom. The maximum Gasteiger partial charge on any atom is 0.271 e. The number of anilines is 2. The van der Waals surface area contributed by atoms with Crippen LogP contribution >= 0.6 is 22.7 Å². The molecular weight excluding hydrogens is 388 g/mol. The molecule has 2 aromatic heterocycles. The zero-order valence-electron chi connectivity index (χ0n) is 13.7. The normalized spacial score (nSPS) is 14.1. The maximum absolute atomic E-state index is 12.7. The van der Waals surface area contributed by atoms with Gasteiger partial charge in [0, 0.05) is 17.9 Å². The summed E-state index contributed by atoms with van der Waals surface area (Å²) in [4.78, 5) is 15.2. The predicted octanol–water partition coefficient (Wildman–Crippen LogP) is 4.20. The third-order valence-electron chi connectivity index (χ3n) is 4.19. The maximum atomic E-state index is 12.7. The second-order valence-electron chi connectivity index (χ2n) is 5.92. The van der Waals surface area contributed by atoms with Crippen LogP contribution in [0.25, 0.3) is 0 Å². The molecule has 0 spiro atoms. The number of hydrogen-bond donors (Lipinski definition) is 1. The molecule has 0 radical (unpaired) electrons. The van der Waals surface area contributed by atoms with Crippen LogP contribution in [0.15, 0.2) is 57.4 Å². The van der Waals surface area contributed by atoms with E-state index in [0.29, 0.717) is 17.1 Å². The first-order valence-electron chi connectivity index (χ1n) is 8.09. The SMILES string of the molecule is O=C(c1cccs1)N1CCCc2cc(NS(=O)(=O)c3cccs3)ccc21. The summed E-state index contributed by atoms with van der Waals surface area (Å²) in [6, 6.07) is 12.3. The first-order chi connectivity index (χ1) is 12.5. The topological polar surface area (TPSA) is 66.5 Å². The molecule has 5 nitrogen and oxygen atoms in total. The number of hydrogen-bond acceptors (Lipinski definition) is 5. The molecule has 0 aliphatic carbocycles. The van der Waals surface area contributed by atoms with E-state index < -0.39 is 10.0 Å². The van der Waals surface area contributed by atoms with E-state index in [0.717, 1.165) is 24.1 Å². The number of rotatable bonds is 4. The molecule has 8 heteroatoms. The van der Waals surface area contributed by atoms with Crippen LogP contribution in [0.5, 0.6) is 0 Å². The standard InChI is InChI=1S/C18H16N2O3S3/c21-18(16-5-2-10-24-16)20-9-1-4-13-12-14(7-8-15(13)20)19-26(22,23)17-6-3-11-25-17/h2-3,5-8,10-12,19H,1,4,9H2. The van der Waals surface area contributed by atoms with Gasteiger partial charge in [-0.2, -0.15) is 0 Å². The van der Waals surface area contributed by atoms with Gasteiger partial charge in [0.05, 0.1) is 4.88 Å². The van der Waals surface area contributed by atoms with Gasteiger partial charge in [-0.25, -0.2) is 8.42 Å². The lowest BCUT2D eigenvalue weighted by Crippen LogP contribution is -2.35. The number of sulfonamides is 1. The van der Waals surface area contributed by atoms with Gasteiger partial charge in [0.25, 0.3) is 15.9 Å². The predicted molar refractivity (Wildman–Crippen MR) is 106 cm³/mol. The van der Waals surface area contributed by atoms with E-state index in [-0.39, 0.29) is 10.1 Å². The Morgan fingerprint density at radius 2 is 1.88 bits per heavy atom. The van der Waals surface area contributed by atoms with Gasteiger partial charge in [-0.05, 0) is 59.5 Å². The summed E-state index contributed by atoms with van der Waals surface area (Å²) in [5.74, 6) is -0.00661. The molecule has 0 saturated heterocycles. The zero-order valence-corrected chi connectivity index (χ0v) is 16.2. The van der Waals surface area contributed by atoms with Gasteiger partial charge in [0.1, 0.15) is 4.21 Å². The lowest BCUT2D eigenvalue weighted by molar-refractivity contribution is 0.0989. The Kier molecular flexibility index (Phi) is 4.56. The average molecular weight is 405 g/mol. The van der Waals surface area contributed by atoms with Crippen LogP contribution in [0.4, 0.5) is 11.4 Å². The Hall–Kier alpha value is -2.16. The minimum atomic E-state index is -3.57. The van der Waals surface area contributed by atoms with Crippen LogP contribution in [-0.2, 0) is 16.4 Å². The Morgan fingerprint density at radius 1 is 1.08 bits per heavy atom. The third kappa shape index (κ3) is 3.27. The van der Waals surface area contributed by atoms with E-state index in [1.807, 2.05) is 29.6 Å². The van der Waals surface area contributed by atoms with Crippen LogP contribution in [0.3, 0.4) is 0 Å². The Labute approximate surface area is 160 Å². The van der Waals surface area contributed by atoms with Gasteiger partial charge in [-0.3, -0.25) is 9.52 Å². The smallest absolute Gasteiger partial charge is 0.271 e. The molecule has 134 valence electrons. The number of fused-ring (bicyclic) bond motifs is 1. The number of carbonyl (C=O) groups excluding carboxylic acids is 1. The van der Waals surface area contributed by atoms with Crippen LogP contribution < -0.4 is 9.62 Å². The number of thiophene rings is 2. The van der Waals surface area contributed by atoms with E-state index in [1.165, 1.54) is 22.7 Å². The Bertz CT molecular complexity index is 1030. The van der Waals surface area contributed by atoms with Crippen molar-refractivity contribution in [3.05, 3.63) is 63.7 Å². The summed E-state index contributed by atoms with van der Waals surface area (Å²) in [5.41, 5.74) is 2.35. The number of aryl methyl sites for hydroxylation is 1. The van der Waals surface area contributed by atoms with E-state index in [9.17, 15) is 13.2 Å². The van der Waals surface area contributed by atoms with Crippen molar-refractivity contribution in [2.75, 3.05) is 16.2 Å². The molecule has 4 rings (SSSR count). The molecule has 0 fully saturated rings. The monoisotopic (exact) mass is 404 g/mol. The van der Waals surface area contributed by atoms with Gasteiger partial charge < -0.3 is 4.90 Å². The molecule has 0 bridgehead atoms. The summed E-state index contributed by atoms with van der Waals surface area (Å²) in [6.45, 7) is 0.671. The van der Waals surface area contributed by atoms with Crippen LogP contribution in [0.1, 0.15) is 21.7 Å². The van der Waals surface area contributed by atoms with Crippen molar-refractivity contribution in [3.8, 4) is 0 Å². The number of amides is 1. The lowest BCUT2D eigenvalue weighted by atomic mass is 10.0. The minimum absolute atomic E-state index is 0.00661. The summed E-state index contributed by atoms with van der Waals surface area (Å²) in [7, 11) is -3.57. The fourth-order valence-electron chi connectivity index (χ4n) is 3.03. The van der Waals surface area contributed by atoms with E-state index in [1.54, 1.807) is 28.5 Å². The minimum Gasteiger partial charge on any atom is -0.307 e. The highest BCUT2D eigenvalue weighted by molar-refractivity contribution is 7.94. The molecule has 0 unspecified atom stereocenters. The molecular formula is C18H16N2O3S3. The molecule has 1 amide bonds. The fourth-order valence-corrected chi connectivity index (χ4v) is 5.74. The van der Waals surface area contributed by atoms with E-state index in [4.69, 9.17) is 0 Å². The number of benzene rings is 1.